The monoisotopic (exact) mass is 479 g/mol. The van der Waals surface area contributed by atoms with E-state index in [0.29, 0.717) is 30.1 Å². The number of nitrogens with zero attached hydrogens (tertiary/aromatic N) is 5. The molecule has 8 nitrogen and oxygen atoms in total. The fourth-order valence-electron chi connectivity index (χ4n) is 6.06. The van der Waals surface area contributed by atoms with Gasteiger partial charge >= 0.3 is 0 Å². The summed E-state index contributed by atoms with van der Waals surface area (Å²) >= 11 is 0. The molecule has 3 aliphatic heterocycles. The molecule has 1 aromatic heterocycles. The molecule has 2 aromatic rings. The number of aliphatic hydroxyl groups excluding tert-OH is 1. The van der Waals surface area contributed by atoms with E-state index in [-0.39, 0.29) is 29.5 Å². The summed E-state index contributed by atoms with van der Waals surface area (Å²) in [6.07, 6.45) is 6.63. The van der Waals surface area contributed by atoms with Gasteiger partial charge in [-0.3, -0.25) is 4.90 Å². The maximum atomic E-state index is 14.6. The van der Waals surface area contributed by atoms with Crippen LogP contribution in [0.1, 0.15) is 57.9 Å². The van der Waals surface area contributed by atoms with E-state index in [1.165, 1.54) is 19.0 Å². The molecule has 3 fully saturated rings. The van der Waals surface area contributed by atoms with Gasteiger partial charge in [0.05, 0.1) is 23.6 Å². The molecule has 186 valence electrons. The van der Waals surface area contributed by atoms with Crippen LogP contribution in [-0.4, -0.2) is 63.3 Å². The molecule has 3 saturated heterocycles. The van der Waals surface area contributed by atoms with Crippen molar-refractivity contribution in [2.75, 3.05) is 35.2 Å². The molecule has 0 radical (unpaired) electrons. The number of hydrogen-bond acceptors (Lipinski definition) is 8. The van der Waals surface area contributed by atoms with E-state index in [1.807, 2.05) is 12.1 Å². The summed E-state index contributed by atoms with van der Waals surface area (Å²) in [6.45, 7) is 7.12. The van der Waals surface area contributed by atoms with Crippen LogP contribution in [-0.2, 0) is 0 Å². The van der Waals surface area contributed by atoms with Crippen molar-refractivity contribution in [3.8, 4) is 6.07 Å². The van der Waals surface area contributed by atoms with Gasteiger partial charge in [-0.05, 0) is 77.1 Å². The summed E-state index contributed by atoms with van der Waals surface area (Å²) in [5.74, 6) is 0.0190. The fourth-order valence-corrected chi connectivity index (χ4v) is 6.06. The first kappa shape index (κ1) is 23.8. The Morgan fingerprint density at radius 3 is 2.77 bits per heavy atom. The molecule has 0 unspecified atom stereocenters. The quantitative estimate of drug-likeness (QED) is 0.592. The highest BCUT2D eigenvalue weighted by molar-refractivity contribution is 5.68. The molecule has 9 heteroatoms. The second-order valence-corrected chi connectivity index (χ2v) is 10.7. The number of nitriles is 1. The van der Waals surface area contributed by atoms with Crippen LogP contribution in [0.25, 0.3) is 0 Å². The predicted octanol–water partition coefficient (Wildman–Crippen LogP) is 4.01. The molecule has 3 N–H and O–H groups in total. The highest BCUT2D eigenvalue weighted by Gasteiger charge is 2.43. The van der Waals surface area contributed by atoms with E-state index < -0.39 is 5.82 Å². The second kappa shape index (κ2) is 9.59. The van der Waals surface area contributed by atoms with Crippen molar-refractivity contribution in [2.24, 2.45) is 0 Å². The Labute approximate surface area is 206 Å². The molecule has 35 heavy (non-hydrogen) atoms. The van der Waals surface area contributed by atoms with E-state index in [1.54, 1.807) is 6.07 Å². The highest BCUT2D eigenvalue weighted by Crippen LogP contribution is 2.38. The van der Waals surface area contributed by atoms with Crippen LogP contribution in [0.15, 0.2) is 24.4 Å². The lowest BCUT2D eigenvalue weighted by Crippen LogP contribution is -2.55. The molecule has 0 amide bonds. The standard InChI is InChI=1S/C26H34FN7O/c1-26(2)14-19(13-20-4-3-9-34(20)26)30-24-22(27)16-29-25(32-24)31-18-5-6-23(17(12-18)15-28)33-10-7-21(35)8-11-33/h5-6,12,16,19-21,35H,3-4,7-11,13-14H2,1-2H3,(H2,29,30,31,32)/t19-,20+/m1/s1. The van der Waals surface area contributed by atoms with E-state index >= 15 is 0 Å². The van der Waals surface area contributed by atoms with Gasteiger partial charge in [0.15, 0.2) is 11.6 Å². The van der Waals surface area contributed by atoms with Crippen molar-refractivity contribution in [1.82, 2.24) is 14.9 Å². The van der Waals surface area contributed by atoms with Crippen LogP contribution >= 0.6 is 0 Å². The Morgan fingerprint density at radius 1 is 1.20 bits per heavy atom. The number of benzene rings is 1. The van der Waals surface area contributed by atoms with Gasteiger partial charge in [0.2, 0.25) is 5.95 Å². The molecule has 1 aromatic carbocycles. The van der Waals surface area contributed by atoms with Gasteiger partial charge in [0, 0.05) is 36.4 Å². The zero-order chi connectivity index (χ0) is 24.6. The predicted molar refractivity (Wildman–Crippen MR) is 134 cm³/mol. The maximum Gasteiger partial charge on any atom is 0.229 e. The zero-order valence-electron chi connectivity index (χ0n) is 20.5. The number of halogens is 1. The average Bonchev–Trinajstić information content (AvgIpc) is 3.31. The summed E-state index contributed by atoms with van der Waals surface area (Å²) in [5, 5.41) is 26.0. The van der Waals surface area contributed by atoms with E-state index in [9.17, 15) is 14.8 Å². The molecule has 0 bridgehead atoms. The normalized spacial score (nSPS) is 24.6. The Morgan fingerprint density at radius 2 is 2.00 bits per heavy atom. The van der Waals surface area contributed by atoms with Crippen molar-refractivity contribution in [3.05, 3.63) is 35.8 Å². The van der Waals surface area contributed by atoms with Gasteiger partial charge in [-0.1, -0.05) is 0 Å². The lowest BCUT2D eigenvalue weighted by Gasteiger charge is -2.47. The Balaban J connectivity index is 1.30. The van der Waals surface area contributed by atoms with Crippen molar-refractivity contribution >= 4 is 23.1 Å². The smallest absolute Gasteiger partial charge is 0.229 e. The minimum atomic E-state index is -0.470. The lowest BCUT2D eigenvalue weighted by atomic mass is 9.84. The van der Waals surface area contributed by atoms with Gasteiger partial charge in [-0.25, -0.2) is 9.37 Å². The Hall–Kier alpha value is -2.96. The third-order valence-electron chi connectivity index (χ3n) is 7.72. The first-order valence-electron chi connectivity index (χ1n) is 12.6. The fraction of sp³-hybridized carbons (Fsp3) is 0.577. The number of anilines is 4. The molecule has 0 aliphatic carbocycles. The van der Waals surface area contributed by atoms with Crippen LogP contribution in [0.5, 0.6) is 0 Å². The third-order valence-corrected chi connectivity index (χ3v) is 7.72. The first-order chi connectivity index (χ1) is 16.8. The molecular formula is C26H34FN7O. The van der Waals surface area contributed by atoms with Gasteiger partial charge in [-0.15, -0.1) is 0 Å². The van der Waals surface area contributed by atoms with Crippen LogP contribution < -0.4 is 15.5 Å². The zero-order valence-corrected chi connectivity index (χ0v) is 20.5. The highest BCUT2D eigenvalue weighted by atomic mass is 19.1. The average molecular weight is 480 g/mol. The van der Waals surface area contributed by atoms with Gasteiger partial charge in [-0.2, -0.15) is 10.2 Å². The van der Waals surface area contributed by atoms with Crippen LogP contribution in [0, 0.1) is 17.1 Å². The Bertz CT molecular complexity index is 1110. The van der Waals surface area contributed by atoms with Crippen LogP contribution in [0.4, 0.5) is 27.5 Å². The molecule has 2 atom stereocenters. The van der Waals surface area contributed by atoms with E-state index in [4.69, 9.17) is 0 Å². The summed E-state index contributed by atoms with van der Waals surface area (Å²) in [5.41, 5.74) is 2.13. The van der Waals surface area contributed by atoms with E-state index in [2.05, 4.69) is 50.3 Å². The van der Waals surface area contributed by atoms with Crippen LogP contribution in [0.2, 0.25) is 0 Å². The lowest BCUT2D eigenvalue weighted by molar-refractivity contribution is 0.0500. The Kier molecular flexibility index (Phi) is 6.51. The minimum absolute atomic E-state index is 0.0730. The van der Waals surface area contributed by atoms with Crippen molar-refractivity contribution in [2.45, 2.75) is 76.1 Å². The summed E-state index contributed by atoms with van der Waals surface area (Å²) in [4.78, 5) is 13.3. The number of fused-ring (bicyclic) bond motifs is 1. The molecule has 3 aliphatic rings. The summed E-state index contributed by atoms with van der Waals surface area (Å²) < 4.78 is 14.6. The largest absolute Gasteiger partial charge is 0.393 e. The molecule has 4 heterocycles. The third kappa shape index (κ3) is 5.04. The minimum Gasteiger partial charge on any atom is -0.393 e. The van der Waals surface area contributed by atoms with Gasteiger partial charge in [0.1, 0.15) is 6.07 Å². The topological polar surface area (TPSA) is 100 Å². The van der Waals surface area contributed by atoms with Crippen molar-refractivity contribution in [3.63, 3.8) is 0 Å². The molecule has 0 spiro atoms. The number of hydrogen-bond donors (Lipinski definition) is 3. The molecule has 5 rings (SSSR count). The van der Waals surface area contributed by atoms with Crippen molar-refractivity contribution < 1.29 is 9.50 Å². The van der Waals surface area contributed by atoms with E-state index in [0.717, 1.165) is 38.2 Å². The van der Waals surface area contributed by atoms with Gasteiger partial charge < -0.3 is 20.6 Å². The van der Waals surface area contributed by atoms with Crippen LogP contribution in [0.3, 0.4) is 0 Å². The summed E-state index contributed by atoms with van der Waals surface area (Å²) in [6, 6.07) is 8.49. The SMILES string of the molecule is CC1(C)C[C@H](Nc2nc(Nc3ccc(N4CCC(O)CC4)c(C#N)c3)ncc2F)C[C@@H]2CCCN21. The van der Waals surface area contributed by atoms with Gasteiger partial charge in [0.25, 0.3) is 0 Å². The number of aromatic nitrogens is 2. The van der Waals surface area contributed by atoms with Crippen molar-refractivity contribution in [1.29, 1.82) is 5.26 Å². The molecule has 0 saturated carbocycles. The second-order valence-electron chi connectivity index (χ2n) is 10.7. The summed E-state index contributed by atoms with van der Waals surface area (Å²) in [7, 11) is 0. The first-order valence-corrected chi connectivity index (χ1v) is 12.6. The number of piperidine rings is 2. The molecular weight excluding hydrogens is 445 g/mol. The number of aliphatic hydroxyl groups is 1. The number of nitrogens with one attached hydrogen (secondary N) is 2. The maximum absolute atomic E-state index is 14.6. The number of rotatable bonds is 5.